The third kappa shape index (κ3) is 5.28. The Morgan fingerprint density at radius 2 is 2.11 bits per heavy atom. The van der Waals surface area contributed by atoms with Gasteiger partial charge in [-0.2, -0.15) is 9.40 Å². The van der Waals surface area contributed by atoms with Crippen LogP contribution in [0.25, 0.3) is 0 Å². The highest BCUT2D eigenvalue weighted by Crippen LogP contribution is 2.51. The lowest BCUT2D eigenvalue weighted by molar-refractivity contribution is -0.155. The van der Waals surface area contributed by atoms with E-state index in [1.165, 1.54) is 47.5 Å². The Labute approximate surface area is 220 Å². The van der Waals surface area contributed by atoms with Crippen LogP contribution < -0.4 is 5.73 Å². The van der Waals surface area contributed by atoms with E-state index in [0.717, 1.165) is 9.88 Å². The van der Waals surface area contributed by atoms with Crippen LogP contribution in [-0.2, 0) is 26.6 Å². The van der Waals surface area contributed by atoms with E-state index in [1.54, 1.807) is 20.0 Å². The summed E-state index contributed by atoms with van der Waals surface area (Å²) in [5.74, 6) is -0.876. The first-order chi connectivity index (χ1) is 18.1. The van der Waals surface area contributed by atoms with Gasteiger partial charge in [-0.05, 0) is 74.7 Å². The molecule has 0 saturated heterocycles. The van der Waals surface area contributed by atoms with Gasteiger partial charge in [0.15, 0.2) is 0 Å². The van der Waals surface area contributed by atoms with Crippen molar-refractivity contribution in [1.29, 1.82) is 0 Å². The predicted molar refractivity (Wildman–Crippen MR) is 138 cm³/mol. The van der Waals surface area contributed by atoms with Crippen molar-refractivity contribution >= 4 is 27.4 Å². The zero-order valence-corrected chi connectivity index (χ0v) is 22.1. The molecule has 2 aliphatic rings. The van der Waals surface area contributed by atoms with Crippen molar-refractivity contribution in [1.82, 2.24) is 14.1 Å². The summed E-state index contributed by atoms with van der Waals surface area (Å²) in [6.45, 7) is 0.605. The van der Waals surface area contributed by atoms with Crippen LogP contribution in [0.15, 0.2) is 70.0 Å². The second-order valence-corrected chi connectivity index (χ2v) is 11.3. The molecule has 204 valence electrons. The highest BCUT2D eigenvalue weighted by atomic mass is 32.2. The lowest BCUT2D eigenvalue weighted by Gasteiger charge is -2.46. The monoisotopic (exact) mass is 547 g/mol. The Kier molecular flexibility index (Phi) is 8.12. The molecule has 1 aromatic carbocycles. The van der Waals surface area contributed by atoms with E-state index in [0.29, 0.717) is 29.8 Å². The highest BCUT2D eigenvalue weighted by Gasteiger charge is 2.52. The van der Waals surface area contributed by atoms with Crippen molar-refractivity contribution in [2.24, 2.45) is 23.2 Å². The molecule has 0 spiro atoms. The van der Waals surface area contributed by atoms with Gasteiger partial charge >= 0.3 is 5.97 Å². The molecule has 1 saturated carbocycles. The minimum absolute atomic E-state index is 0.0418. The molecule has 0 radical (unpaired) electrons. The maximum Gasteiger partial charge on any atom is 0.316 e. The number of ether oxygens (including phenoxy) is 1. The van der Waals surface area contributed by atoms with Crippen molar-refractivity contribution in [3.05, 3.63) is 65.9 Å². The smallest absolute Gasteiger partial charge is 0.316 e. The fraction of sp³-hybridized carbons (Fsp3) is 0.423. The second-order valence-electron chi connectivity index (χ2n) is 9.37. The van der Waals surface area contributed by atoms with E-state index in [1.807, 2.05) is 0 Å². The van der Waals surface area contributed by atoms with E-state index in [9.17, 15) is 22.0 Å². The fourth-order valence-corrected chi connectivity index (χ4v) is 6.84. The number of allylic oxidation sites excluding steroid dienone is 2. The SMILES string of the molecule is CCOC(=O)[C@]12C/C(=C/N)C(=Nc3ccc(F)cc3)C=C1CC[C@H](N(CCF)S(=O)(=O)c1cnn(C)c1)C2. The minimum Gasteiger partial charge on any atom is -0.465 e. The minimum atomic E-state index is -4.07. The van der Waals surface area contributed by atoms with Crippen LogP contribution in [0.4, 0.5) is 14.5 Å². The first-order valence-corrected chi connectivity index (χ1v) is 13.8. The van der Waals surface area contributed by atoms with E-state index >= 15 is 0 Å². The molecular weight excluding hydrogens is 516 g/mol. The van der Waals surface area contributed by atoms with Crippen LogP contribution in [0, 0.1) is 11.2 Å². The van der Waals surface area contributed by atoms with Gasteiger partial charge in [0.1, 0.15) is 17.4 Å². The van der Waals surface area contributed by atoms with Gasteiger partial charge < -0.3 is 10.5 Å². The van der Waals surface area contributed by atoms with E-state index in [4.69, 9.17) is 10.5 Å². The zero-order valence-electron chi connectivity index (χ0n) is 21.3. The summed E-state index contributed by atoms with van der Waals surface area (Å²) < 4.78 is 62.0. The first-order valence-electron chi connectivity index (χ1n) is 12.3. The number of aliphatic imine (C=N–C) groups is 1. The summed E-state index contributed by atoms with van der Waals surface area (Å²) >= 11 is 0. The lowest BCUT2D eigenvalue weighted by Crippen LogP contribution is -2.51. The molecule has 0 unspecified atom stereocenters. The number of nitrogens with zero attached hydrogens (tertiary/aromatic N) is 4. The number of benzene rings is 1. The van der Waals surface area contributed by atoms with Crippen molar-refractivity contribution in [2.75, 3.05) is 19.8 Å². The molecule has 1 aromatic heterocycles. The van der Waals surface area contributed by atoms with Gasteiger partial charge in [0.2, 0.25) is 10.0 Å². The van der Waals surface area contributed by atoms with E-state index in [-0.39, 0.29) is 36.7 Å². The van der Waals surface area contributed by atoms with Gasteiger partial charge in [0, 0.05) is 25.8 Å². The van der Waals surface area contributed by atoms with Crippen LogP contribution >= 0.6 is 0 Å². The number of carbonyl (C=O) groups is 1. The summed E-state index contributed by atoms with van der Waals surface area (Å²) in [5, 5.41) is 3.95. The summed E-state index contributed by atoms with van der Waals surface area (Å²) in [7, 11) is -2.48. The molecule has 2 atom stereocenters. The number of alkyl halides is 1. The Morgan fingerprint density at radius 1 is 1.37 bits per heavy atom. The molecule has 0 bridgehead atoms. The molecule has 1 fully saturated rings. The van der Waals surface area contributed by atoms with Crippen LogP contribution in [0.2, 0.25) is 0 Å². The largest absolute Gasteiger partial charge is 0.465 e. The second kappa shape index (κ2) is 11.2. The third-order valence-corrected chi connectivity index (χ3v) is 8.93. The van der Waals surface area contributed by atoms with Crippen molar-refractivity contribution in [3.8, 4) is 0 Å². The van der Waals surface area contributed by atoms with Gasteiger partial charge in [-0.25, -0.2) is 22.2 Å². The molecule has 38 heavy (non-hydrogen) atoms. The van der Waals surface area contributed by atoms with Crippen molar-refractivity contribution < 1.29 is 26.7 Å². The van der Waals surface area contributed by atoms with Gasteiger partial charge in [-0.15, -0.1) is 0 Å². The summed E-state index contributed by atoms with van der Waals surface area (Å²) in [5.41, 5.74) is 7.15. The summed E-state index contributed by atoms with van der Waals surface area (Å²) in [6, 6.07) is 5.02. The van der Waals surface area contributed by atoms with Gasteiger partial charge in [0.05, 0.1) is 29.6 Å². The van der Waals surface area contributed by atoms with Crippen molar-refractivity contribution in [2.45, 2.75) is 43.5 Å². The normalized spacial score (nSPS) is 23.9. The van der Waals surface area contributed by atoms with Gasteiger partial charge in [-0.1, -0.05) is 5.57 Å². The quantitative estimate of drug-likeness (QED) is 0.505. The zero-order chi connectivity index (χ0) is 27.5. The average Bonchev–Trinajstić information content (AvgIpc) is 3.35. The third-order valence-electron chi connectivity index (χ3n) is 7.02. The van der Waals surface area contributed by atoms with Gasteiger partial charge in [-0.3, -0.25) is 9.48 Å². The molecular formula is C26H31F2N5O4S. The number of hydrogen-bond acceptors (Lipinski definition) is 7. The molecule has 9 nitrogen and oxygen atoms in total. The standard InChI is InChI=1S/C26H31F2N5O4S/c1-3-37-25(34)26-13-18(15-29)24(31-21-7-5-20(28)6-8-21)12-19(26)4-9-22(14-26)33(11-10-27)38(35,36)23-16-30-32(2)17-23/h5-8,12,15-17,22H,3-4,9-11,13-14,29H2,1-2H3/b18-15-,31-24?/t22-,26-/m0/s1. The van der Waals surface area contributed by atoms with Crippen LogP contribution in [0.1, 0.15) is 32.6 Å². The maximum absolute atomic E-state index is 13.7. The molecule has 0 amide bonds. The molecule has 0 aliphatic heterocycles. The molecule has 1 heterocycles. The number of fused-ring (bicyclic) bond motifs is 1. The van der Waals surface area contributed by atoms with Crippen LogP contribution in [0.5, 0.6) is 0 Å². The topological polar surface area (TPSA) is 120 Å². The number of carbonyl (C=O) groups excluding carboxylic acids is 1. The highest BCUT2D eigenvalue weighted by molar-refractivity contribution is 7.89. The number of aryl methyl sites for hydroxylation is 1. The lowest BCUT2D eigenvalue weighted by atomic mass is 9.62. The molecule has 2 aliphatic carbocycles. The fourth-order valence-electron chi connectivity index (χ4n) is 5.22. The van der Waals surface area contributed by atoms with E-state index in [2.05, 4.69) is 10.1 Å². The Morgan fingerprint density at radius 3 is 2.71 bits per heavy atom. The average molecular weight is 548 g/mol. The van der Waals surface area contributed by atoms with Gasteiger partial charge in [0.25, 0.3) is 0 Å². The number of sulfonamides is 1. The molecule has 12 heteroatoms. The number of nitrogens with two attached hydrogens (primary N) is 1. The Hall–Kier alpha value is -3.38. The first kappa shape index (κ1) is 27.6. The van der Waals surface area contributed by atoms with Crippen molar-refractivity contribution in [3.63, 3.8) is 0 Å². The number of rotatable bonds is 8. The molecule has 4 rings (SSSR count). The number of halogens is 2. The molecule has 2 aromatic rings. The predicted octanol–water partition coefficient (Wildman–Crippen LogP) is 3.57. The Balaban J connectivity index is 1.76. The Bertz CT molecular complexity index is 1380. The van der Waals surface area contributed by atoms with Crippen LogP contribution in [0.3, 0.4) is 0 Å². The molecule has 2 N–H and O–H groups in total. The van der Waals surface area contributed by atoms with E-state index < -0.39 is 34.1 Å². The summed E-state index contributed by atoms with van der Waals surface area (Å²) in [4.78, 5) is 18.1. The number of aromatic nitrogens is 2. The van der Waals surface area contributed by atoms with Crippen LogP contribution in [-0.4, -0.2) is 60.1 Å². The number of hydrogen-bond donors (Lipinski definition) is 1. The summed E-state index contributed by atoms with van der Waals surface area (Å²) in [6.07, 6.45) is 6.72. The number of esters is 1. The maximum atomic E-state index is 13.7.